The molecule has 0 bridgehead atoms. The van der Waals surface area contributed by atoms with E-state index in [0.29, 0.717) is 5.75 Å². The topological polar surface area (TPSA) is 139 Å². The van der Waals surface area contributed by atoms with Crippen LogP contribution in [0.1, 0.15) is 24.1 Å². The zero-order valence-corrected chi connectivity index (χ0v) is 23.9. The third-order valence-corrected chi connectivity index (χ3v) is 9.54. The molecule has 1 aliphatic heterocycles. The van der Waals surface area contributed by atoms with Crippen molar-refractivity contribution in [3.63, 3.8) is 0 Å². The summed E-state index contributed by atoms with van der Waals surface area (Å²) in [6.45, 7) is 1.91. The molecule has 0 spiro atoms. The van der Waals surface area contributed by atoms with Crippen molar-refractivity contribution in [2.45, 2.75) is 24.2 Å². The second-order valence-electron chi connectivity index (χ2n) is 8.85. The van der Waals surface area contributed by atoms with Crippen molar-refractivity contribution >= 4 is 61.1 Å². The van der Waals surface area contributed by atoms with Crippen LogP contribution in [0.4, 0.5) is 22.2 Å². The highest BCUT2D eigenvalue weighted by Gasteiger charge is 2.24. The van der Waals surface area contributed by atoms with Crippen molar-refractivity contribution < 1.29 is 18.1 Å². The molecule has 0 amide bonds. The summed E-state index contributed by atoms with van der Waals surface area (Å²) in [5.74, 6) is 0.305. The Morgan fingerprint density at radius 3 is 2.62 bits per heavy atom. The van der Waals surface area contributed by atoms with Crippen molar-refractivity contribution in [3.8, 4) is 16.3 Å². The Morgan fingerprint density at radius 2 is 1.90 bits per heavy atom. The van der Waals surface area contributed by atoms with Gasteiger partial charge in [-0.25, -0.2) is 13.4 Å². The standard InChI is InChI=1S/C26H26N6O5S3/c1-37-21-9-4-3-8-19(21)30-40(35,36)24-16-18(32(33)34)11-12-20(24)29-27-17-23-25(22-10-7-15-38-22)28-26(39-23)31-13-5-2-6-14-31/h3-4,7-12,15-17,29-30H,2,5-6,13-14H2,1H3/b27-17-. The predicted molar refractivity (Wildman–Crippen MR) is 160 cm³/mol. The minimum Gasteiger partial charge on any atom is -0.495 e. The first-order valence-corrected chi connectivity index (χ1v) is 15.6. The van der Waals surface area contributed by atoms with E-state index in [-0.39, 0.29) is 22.0 Å². The molecular weight excluding hydrogens is 573 g/mol. The van der Waals surface area contributed by atoms with E-state index in [1.54, 1.807) is 35.8 Å². The third kappa shape index (κ3) is 6.08. The number of non-ortho nitro benzene ring substituents is 1. The molecule has 0 atom stereocenters. The summed E-state index contributed by atoms with van der Waals surface area (Å²) < 4.78 is 34.5. The highest BCUT2D eigenvalue weighted by molar-refractivity contribution is 7.93. The summed E-state index contributed by atoms with van der Waals surface area (Å²) in [5, 5.41) is 18.7. The molecule has 2 aromatic heterocycles. The molecule has 2 N–H and O–H groups in total. The van der Waals surface area contributed by atoms with E-state index in [1.165, 1.54) is 43.1 Å². The number of nitro groups is 1. The molecule has 5 rings (SSSR count). The monoisotopic (exact) mass is 598 g/mol. The van der Waals surface area contributed by atoms with Gasteiger partial charge in [0, 0.05) is 25.2 Å². The van der Waals surface area contributed by atoms with Crippen LogP contribution in [0, 0.1) is 10.1 Å². The number of anilines is 3. The first kappa shape index (κ1) is 27.6. The lowest BCUT2D eigenvalue weighted by Gasteiger charge is -2.25. The number of ether oxygens (including phenoxy) is 1. The number of para-hydroxylation sites is 2. The highest BCUT2D eigenvalue weighted by atomic mass is 32.2. The van der Waals surface area contributed by atoms with Gasteiger partial charge in [-0.2, -0.15) is 5.10 Å². The Morgan fingerprint density at radius 1 is 1.10 bits per heavy atom. The second-order valence-corrected chi connectivity index (χ2v) is 12.5. The zero-order valence-electron chi connectivity index (χ0n) is 21.4. The van der Waals surface area contributed by atoms with E-state index in [0.717, 1.165) is 52.6 Å². The normalized spacial score (nSPS) is 13.9. The van der Waals surface area contributed by atoms with Gasteiger partial charge in [-0.3, -0.25) is 20.3 Å². The average molecular weight is 599 g/mol. The summed E-state index contributed by atoms with van der Waals surface area (Å²) in [5.41, 5.74) is 3.48. The van der Waals surface area contributed by atoms with Gasteiger partial charge in [0.1, 0.15) is 16.3 Å². The maximum Gasteiger partial charge on any atom is 0.270 e. The molecule has 1 fully saturated rings. The maximum atomic E-state index is 13.4. The molecule has 0 saturated carbocycles. The maximum absolute atomic E-state index is 13.4. The number of benzene rings is 2. The predicted octanol–water partition coefficient (Wildman–Crippen LogP) is 6.03. The van der Waals surface area contributed by atoms with Gasteiger partial charge in [0.2, 0.25) is 0 Å². The van der Waals surface area contributed by atoms with Gasteiger partial charge in [0.25, 0.3) is 15.7 Å². The molecule has 0 aliphatic carbocycles. The molecule has 0 unspecified atom stereocenters. The van der Waals surface area contributed by atoms with Crippen LogP contribution in [0.5, 0.6) is 5.75 Å². The number of hydrazone groups is 1. The van der Waals surface area contributed by atoms with Gasteiger partial charge in [-0.15, -0.1) is 11.3 Å². The van der Waals surface area contributed by atoms with E-state index in [2.05, 4.69) is 20.1 Å². The van der Waals surface area contributed by atoms with Gasteiger partial charge in [-0.1, -0.05) is 29.5 Å². The molecule has 1 aliphatic rings. The quantitative estimate of drug-likeness (QED) is 0.128. The van der Waals surface area contributed by atoms with E-state index in [1.807, 2.05) is 17.5 Å². The SMILES string of the molecule is COc1ccccc1NS(=O)(=O)c1cc([N+](=O)[O-])ccc1N/N=C\c1sc(N2CCCCC2)nc1-c1cccs1. The lowest BCUT2D eigenvalue weighted by atomic mass is 10.1. The second kappa shape index (κ2) is 12.0. The van der Waals surface area contributed by atoms with Crippen molar-refractivity contribution in [1.29, 1.82) is 0 Å². The van der Waals surface area contributed by atoms with E-state index >= 15 is 0 Å². The largest absolute Gasteiger partial charge is 0.495 e. The zero-order chi connectivity index (χ0) is 28.1. The van der Waals surface area contributed by atoms with E-state index in [4.69, 9.17) is 9.72 Å². The van der Waals surface area contributed by atoms with Crippen LogP contribution >= 0.6 is 22.7 Å². The van der Waals surface area contributed by atoms with Crippen molar-refractivity contribution in [3.05, 3.63) is 75.0 Å². The Balaban J connectivity index is 1.46. The number of piperidine rings is 1. The van der Waals surface area contributed by atoms with Gasteiger partial charge < -0.3 is 9.64 Å². The number of hydrogen-bond acceptors (Lipinski definition) is 11. The number of nitro benzene ring substituents is 1. The summed E-state index contributed by atoms with van der Waals surface area (Å²) in [6.07, 6.45) is 5.06. The number of hydrogen-bond donors (Lipinski definition) is 2. The molecule has 0 radical (unpaired) electrons. The highest BCUT2D eigenvalue weighted by Crippen LogP contribution is 2.36. The lowest BCUT2D eigenvalue weighted by Crippen LogP contribution is -2.29. The fourth-order valence-corrected chi connectivity index (χ4v) is 7.29. The van der Waals surface area contributed by atoms with E-state index in [9.17, 15) is 18.5 Å². The van der Waals surface area contributed by atoms with Crippen molar-refractivity contribution in [2.75, 3.05) is 35.2 Å². The number of nitrogens with zero attached hydrogens (tertiary/aromatic N) is 4. The Hall–Kier alpha value is -4.01. The summed E-state index contributed by atoms with van der Waals surface area (Å²) in [4.78, 5) is 19.4. The molecule has 208 valence electrons. The fourth-order valence-electron chi connectivity index (χ4n) is 4.25. The number of thiophene rings is 1. The molecule has 11 nitrogen and oxygen atoms in total. The Labute approximate surface area is 239 Å². The number of rotatable bonds is 10. The number of nitrogens with one attached hydrogen (secondary N) is 2. The van der Waals surface area contributed by atoms with E-state index < -0.39 is 14.9 Å². The minimum atomic E-state index is -4.27. The van der Waals surface area contributed by atoms with Crippen LogP contribution in [0.25, 0.3) is 10.6 Å². The van der Waals surface area contributed by atoms with Crippen LogP contribution in [-0.2, 0) is 10.0 Å². The summed E-state index contributed by atoms with van der Waals surface area (Å²) >= 11 is 3.10. The number of methoxy groups -OCH3 is 1. The molecule has 4 aromatic rings. The molecule has 1 saturated heterocycles. The van der Waals surface area contributed by atoms with Crippen LogP contribution < -0.4 is 19.8 Å². The van der Waals surface area contributed by atoms with Crippen LogP contribution in [0.3, 0.4) is 0 Å². The van der Waals surface area contributed by atoms with Gasteiger partial charge in [0.05, 0.1) is 39.4 Å². The summed E-state index contributed by atoms with van der Waals surface area (Å²) in [6, 6.07) is 14.0. The van der Waals surface area contributed by atoms with Gasteiger partial charge in [0.15, 0.2) is 5.13 Å². The number of aromatic nitrogens is 1. The third-order valence-electron chi connectivity index (χ3n) is 6.21. The van der Waals surface area contributed by atoms with Crippen LogP contribution in [0.2, 0.25) is 0 Å². The minimum absolute atomic E-state index is 0.0719. The molecule has 3 heterocycles. The smallest absolute Gasteiger partial charge is 0.270 e. The molecule has 40 heavy (non-hydrogen) atoms. The first-order valence-electron chi connectivity index (χ1n) is 12.4. The summed E-state index contributed by atoms with van der Waals surface area (Å²) in [7, 11) is -2.85. The van der Waals surface area contributed by atoms with Gasteiger partial charge >= 0.3 is 0 Å². The molecular formula is C26H26N6O5S3. The average Bonchev–Trinajstić information content (AvgIpc) is 3.64. The van der Waals surface area contributed by atoms with Crippen molar-refractivity contribution in [2.24, 2.45) is 5.10 Å². The van der Waals surface area contributed by atoms with Crippen LogP contribution in [0.15, 0.2) is 70.0 Å². The fraction of sp³-hybridized carbons (Fsp3) is 0.231. The number of thiazole rings is 1. The first-order chi connectivity index (χ1) is 19.4. The Kier molecular flexibility index (Phi) is 8.28. The van der Waals surface area contributed by atoms with Crippen LogP contribution in [-0.4, -0.2) is 44.7 Å². The van der Waals surface area contributed by atoms with Gasteiger partial charge in [-0.05, 0) is 48.9 Å². The number of sulfonamides is 1. The molecule has 14 heteroatoms. The molecule has 2 aromatic carbocycles. The lowest BCUT2D eigenvalue weighted by molar-refractivity contribution is -0.385. The van der Waals surface area contributed by atoms with Crippen molar-refractivity contribution in [1.82, 2.24) is 4.98 Å². The Bertz CT molecular complexity index is 1630.